The fourth-order valence-corrected chi connectivity index (χ4v) is 5.28. The van der Waals surface area contributed by atoms with Gasteiger partial charge >= 0.3 is 0 Å². The molecule has 4 N–H and O–H groups in total. The van der Waals surface area contributed by atoms with Crippen molar-refractivity contribution in [2.75, 3.05) is 19.8 Å². The molecule has 0 amide bonds. The lowest BCUT2D eigenvalue weighted by atomic mass is 9.77. The van der Waals surface area contributed by atoms with Gasteiger partial charge in [0.25, 0.3) is 0 Å². The quantitative estimate of drug-likeness (QED) is 0.260. The van der Waals surface area contributed by atoms with Gasteiger partial charge in [-0.15, -0.1) is 0 Å². The summed E-state index contributed by atoms with van der Waals surface area (Å²) in [4.78, 5) is 0. The summed E-state index contributed by atoms with van der Waals surface area (Å²) >= 11 is 0. The Kier molecular flexibility index (Phi) is 10.4. The molecule has 2 aromatic carbocycles. The zero-order valence-corrected chi connectivity index (χ0v) is 21.8. The maximum Gasteiger partial charge on any atom is 0.122 e. The van der Waals surface area contributed by atoms with E-state index in [0.29, 0.717) is 13.0 Å². The van der Waals surface area contributed by atoms with E-state index in [4.69, 9.17) is 10.5 Å². The lowest BCUT2D eigenvalue weighted by molar-refractivity contribution is 0.115. The van der Waals surface area contributed by atoms with Crippen LogP contribution in [-0.4, -0.2) is 35.6 Å². The topological polar surface area (TPSA) is 75.7 Å². The van der Waals surface area contributed by atoms with Gasteiger partial charge in [0.05, 0.1) is 25.4 Å². The van der Waals surface area contributed by atoms with E-state index in [9.17, 15) is 10.2 Å². The number of allylic oxidation sites excluding steroid dienone is 1. The van der Waals surface area contributed by atoms with Crippen LogP contribution in [0.2, 0.25) is 0 Å². The number of aliphatic hydroxyl groups is 2. The molecule has 0 aromatic heterocycles. The van der Waals surface area contributed by atoms with Crippen molar-refractivity contribution in [2.24, 2.45) is 17.6 Å². The van der Waals surface area contributed by atoms with Crippen LogP contribution in [0.25, 0.3) is 0 Å². The molecular weight excluding hydrogens is 434 g/mol. The number of nitrogens with two attached hydrogens (primary N) is 1. The number of rotatable bonds is 13. The molecule has 0 spiro atoms. The Labute approximate surface area is 212 Å². The molecule has 4 nitrogen and oxygen atoms in total. The van der Waals surface area contributed by atoms with Gasteiger partial charge in [-0.3, -0.25) is 0 Å². The van der Waals surface area contributed by atoms with Gasteiger partial charge in [0.2, 0.25) is 0 Å². The van der Waals surface area contributed by atoms with Gasteiger partial charge in [0.15, 0.2) is 0 Å². The molecule has 35 heavy (non-hydrogen) atoms. The van der Waals surface area contributed by atoms with Gasteiger partial charge in [-0.25, -0.2) is 0 Å². The third-order valence-electron chi connectivity index (χ3n) is 7.42. The molecule has 0 bridgehead atoms. The number of aryl methyl sites for hydroxylation is 4. The molecule has 0 saturated heterocycles. The van der Waals surface area contributed by atoms with Crippen molar-refractivity contribution >= 4 is 0 Å². The number of hydrogen-bond acceptors (Lipinski definition) is 4. The van der Waals surface area contributed by atoms with Crippen molar-refractivity contribution in [3.8, 4) is 5.75 Å². The van der Waals surface area contributed by atoms with Crippen LogP contribution in [0.3, 0.4) is 0 Å². The van der Waals surface area contributed by atoms with E-state index < -0.39 is 5.54 Å². The SMILES string of the molecule is C=C1CC(C)CC(CCc2cc(C)ccc2OCCCc2ccc(CCC(N)(CO)CO)cc2)C1. The number of aliphatic hydroxyl groups excluding tert-OH is 2. The summed E-state index contributed by atoms with van der Waals surface area (Å²) in [5, 5.41) is 18.7. The number of ether oxygens (including phenoxy) is 1. The van der Waals surface area contributed by atoms with Crippen molar-refractivity contribution in [1.29, 1.82) is 0 Å². The van der Waals surface area contributed by atoms with Gasteiger partial charge in [0.1, 0.15) is 5.75 Å². The monoisotopic (exact) mass is 479 g/mol. The van der Waals surface area contributed by atoms with Crippen molar-refractivity contribution in [3.63, 3.8) is 0 Å². The van der Waals surface area contributed by atoms with Crippen LogP contribution in [0.1, 0.15) is 67.7 Å². The van der Waals surface area contributed by atoms with Crippen molar-refractivity contribution in [1.82, 2.24) is 0 Å². The third kappa shape index (κ3) is 8.79. The summed E-state index contributed by atoms with van der Waals surface area (Å²) in [6, 6.07) is 15.1. The van der Waals surface area contributed by atoms with E-state index in [2.05, 4.69) is 62.9 Å². The highest BCUT2D eigenvalue weighted by Gasteiger charge is 2.23. The Morgan fingerprint density at radius 1 is 1.00 bits per heavy atom. The zero-order valence-electron chi connectivity index (χ0n) is 21.8. The molecular formula is C31H45NO3. The molecule has 3 rings (SSSR count). The molecule has 0 heterocycles. The van der Waals surface area contributed by atoms with Crippen LogP contribution < -0.4 is 10.5 Å². The molecule has 2 unspecified atom stereocenters. The van der Waals surface area contributed by atoms with Crippen LogP contribution >= 0.6 is 0 Å². The van der Waals surface area contributed by atoms with Crippen molar-refractivity contribution in [2.45, 2.75) is 77.2 Å². The first kappa shape index (κ1) is 27.4. The largest absolute Gasteiger partial charge is 0.493 e. The Hall–Kier alpha value is -2.14. The fourth-order valence-electron chi connectivity index (χ4n) is 5.28. The average molecular weight is 480 g/mol. The van der Waals surface area contributed by atoms with Gasteiger partial charge < -0.3 is 20.7 Å². The van der Waals surface area contributed by atoms with Crippen LogP contribution in [0.4, 0.5) is 0 Å². The average Bonchev–Trinajstić information content (AvgIpc) is 2.85. The molecule has 2 aromatic rings. The molecule has 4 heteroatoms. The first-order chi connectivity index (χ1) is 16.8. The van der Waals surface area contributed by atoms with Gasteiger partial charge in [-0.1, -0.05) is 61.0 Å². The Bertz CT molecular complexity index is 933. The minimum atomic E-state index is -0.908. The molecule has 1 aliphatic rings. The summed E-state index contributed by atoms with van der Waals surface area (Å²) in [5.41, 5.74) is 11.6. The molecule has 192 valence electrons. The minimum absolute atomic E-state index is 0.209. The smallest absolute Gasteiger partial charge is 0.122 e. The predicted molar refractivity (Wildman–Crippen MR) is 145 cm³/mol. The maximum atomic E-state index is 9.35. The first-order valence-corrected chi connectivity index (χ1v) is 13.3. The van der Waals surface area contributed by atoms with Crippen molar-refractivity contribution < 1.29 is 14.9 Å². The Morgan fingerprint density at radius 2 is 1.69 bits per heavy atom. The highest BCUT2D eigenvalue weighted by Crippen LogP contribution is 2.35. The minimum Gasteiger partial charge on any atom is -0.493 e. The third-order valence-corrected chi connectivity index (χ3v) is 7.42. The van der Waals surface area contributed by atoms with E-state index in [1.165, 1.54) is 53.5 Å². The number of hydrogen-bond donors (Lipinski definition) is 3. The van der Waals surface area contributed by atoms with Gasteiger partial charge in [-0.2, -0.15) is 0 Å². The summed E-state index contributed by atoms with van der Waals surface area (Å²) in [5.74, 6) is 2.54. The lowest BCUT2D eigenvalue weighted by Crippen LogP contribution is -2.47. The summed E-state index contributed by atoms with van der Waals surface area (Å²) in [7, 11) is 0. The molecule has 2 atom stereocenters. The predicted octanol–water partition coefficient (Wildman–Crippen LogP) is 5.55. The van der Waals surface area contributed by atoms with E-state index >= 15 is 0 Å². The highest BCUT2D eigenvalue weighted by molar-refractivity contribution is 5.37. The van der Waals surface area contributed by atoms with E-state index in [1.807, 2.05) is 0 Å². The van der Waals surface area contributed by atoms with E-state index in [0.717, 1.165) is 43.3 Å². The van der Waals surface area contributed by atoms with Crippen LogP contribution in [-0.2, 0) is 19.3 Å². The molecule has 0 aliphatic heterocycles. The molecule has 1 saturated carbocycles. The molecule has 0 radical (unpaired) electrons. The van der Waals surface area contributed by atoms with Crippen LogP contribution in [0.15, 0.2) is 54.6 Å². The number of benzene rings is 2. The Balaban J connectivity index is 1.45. The maximum absolute atomic E-state index is 9.35. The molecule has 1 aliphatic carbocycles. The second-order valence-electron chi connectivity index (χ2n) is 11.0. The standard InChI is InChI=1S/C31H45NO3/c1-23-6-13-30(29(20-23)12-11-28-18-24(2)17-25(3)19-28)35-16-4-5-26-7-9-27(10-8-26)14-15-31(32,21-33)22-34/h6-10,13,20,25,28,33-34H,2,4-5,11-12,14-19,21-22,32H2,1,3H3. The van der Waals surface area contributed by atoms with E-state index in [1.54, 1.807) is 0 Å². The zero-order chi connectivity index (χ0) is 25.3. The summed E-state index contributed by atoms with van der Waals surface area (Å²) < 4.78 is 6.24. The lowest BCUT2D eigenvalue weighted by Gasteiger charge is -2.28. The Morgan fingerprint density at radius 3 is 2.34 bits per heavy atom. The fraction of sp³-hybridized carbons (Fsp3) is 0.548. The normalized spacial score (nSPS) is 18.6. The van der Waals surface area contributed by atoms with Gasteiger partial charge in [-0.05, 0) is 99.3 Å². The summed E-state index contributed by atoms with van der Waals surface area (Å²) in [6.45, 7) is 9.06. The second kappa shape index (κ2) is 13.2. The van der Waals surface area contributed by atoms with Crippen LogP contribution in [0, 0.1) is 18.8 Å². The van der Waals surface area contributed by atoms with Crippen LogP contribution in [0.5, 0.6) is 5.75 Å². The molecule has 1 fully saturated rings. The van der Waals surface area contributed by atoms with E-state index in [-0.39, 0.29) is 13.2 Å². The van der Waals surface area contributed by atoms with Gasteiger partial charge in [0, 0.05) is 0 Å². The first-order valence-electron chi connectivity index (χ1n) is 13.3. The second-order valence-corrected chi connectivity index (χ2v) is 11.0. The van der Waals surface area contributed by atoms with Crippen molar-refractivity contribution in [3.05, 3.63) is 76.9 Å². The summed E-state index contributed by atoms with van der Waals surface area (Å²) in [6.07, 6.45) is 9.20. The highest BCUT2D eigenvalue weighted by atomic mass is 16.5.